The number of carbonyl (C=O) groups excluding carboxylic acids is 1. The van der Waals surface area contributed by atoms with Crippen LogP contribution in [-0.2, 0) is 4.74 Å². The summed E-state index contributed by atoms with van der Waals surface area (Å²) in [6, 6.07) is 1.81. The first-order valence-corrected chi connectivity index (χ1v) is 5.34. The number of fused-ring (bicyclic) bond motifs is 1. The van der Waals surface area contributed by atoms with Gasteiger partial charge in [-0.1, -0.05) is 0 Å². The Kier molecular flexibility index (Phi) is 2.94. The number of rotatable bonds is 2. The molecule has 5 nitrogen and oxygen atoms in total. The summed E-state index contributed by atoms with van der Waals surface area (Å²) in [6.07, 6.45) is 1.54. The molecule has 0 spiro atoms. The summed E-state index contributed by atoms with van der Waals surface area (Å²) in [5, 5.41) is 3.19. The molecule has 1 N–H and O–H groups in total. The van der Waals surface area contributed by atoms with E-state index in [1.807, 2.05) is 13.1 Å². The lowest BCUT2D eigenvalue weighted by Crippen LogP contribution is -2.31. The van der Waals surface area contributed by atoms with E-state index in [2.05, 4.69) is 15.2 Å². The molecule has 0 unspecified atom stereocenters. The van der Waals surface area contributed by atoms with Crippen molar-refractivity contribution in [1.82, 2.24) is 4.98 Å². The molecule has 1 aliphatic rings. The van der Waals surface area contributed by atoms with E-state index in [9.17, 15) is 4.79 Å². The molecule has 0 saturated carbocycles. The quantitative estimate of drug-likeness (QED) is 0.758. The van der Waals surface area contributed by atoms with Crippen LogP contribution in [-0.4, -0.2) is 37.7 Å². The third kappa shape index (κ3) is 1.93. The van der Waals surface area contributed by atoms with Crippen LogP contribution in [0.25, 0.3) is 0 Å². The number of ether oxygens (including phenoxy) is 1. The molecule has 0 fully saturated rings. The molecule has 2 rings (SSSR count). The van der Waals surface area contributed by atoms with Gasteiger partial charge in [-0.05, 0) is 13.0 Å². The maximum atomic E-state index is 11.5. The molecule has 0 radical (unpaired) electrons. The van der Waals surface area contributed by atoms with Crippen LogP contribution >= 0.6 is 0 Å². The molecule has 1 aliphatic heterocycles. The number of hydrogen-bond donors (Lipinski definition) is 1. The van der Waals surface area contributed by atoms with Crippen LogP contribution in [0, 0.1) is 0 Å². The summed E-state index contributed by atoms with van der Waals surface area (Å²) >= 11 is 0. The summed E-state index contributed by atoms with van der Waals surface area (Å²) in [5.74, 6) is 0.499. The van der Waals surface area contributed by atoms with Crippen molar-refractivity contribution >= 4 is 17.5 Å². The van der Waals surface area contributed by atoms with Crippen molar-refractivity contribution < 1.29 is 9.53 Å². The minimum absolute atomic E-state index is 0.322. The summed E-state index contributed by atoms with van der Waals surface area (Å²) in [7, 11) is 1.98. The van der Waals surface area contributed by atoms with Gasteiger partial charge >= 0.3 is 5.97 Å². The second-order valence-corrected chi connectivity index (χ2v) is 3.66. The SMILES string of the molecule is CCOC(=O)c1cnc2c(c1)N(C)CCN2. The number of likely N-dealkylation sites (N-methyl/N-ethyl adjacent to an activating group) is 1. The Balaban J connectivity index is 2.30. The van der Waals surface area contributed by atoms with Crippen molar-refractivity contribution in [2.45, 2.75) is 6.92 Å². The number of pyridine rings is 1. The molecule has 16 heavy (non-hydrogen) atoms. The monoisotopic (exact) mass is 221 g/mol. The molecule has 5 heteroatoms. The second-order valence-electron chi connectivity index (χ2n) is 3.66. The molecule has 0 bridgehead atoms. The third-order valence-corrected chi connectivity index (χ3v) is 2.53. The number of nitrogens with zero attached hydrogens (tertiary/aromatic N) is 2. The van der Waals surface area contributed by atoms with Gasteiger partial charge < -0.3 is 15.0 Å². The van der Waals surface area contributed by atoms with E-state index < -0.39 is 0 Å². The minimum Gasteiger partial charge on any atom is -0.462 e. The Bertz CT molecular complexity index is 406. The van der Waals surface area contributed by atoms with E-state index in [0.29, 0.717) is 12.2 Å². The highest BCUT2D eigenvalue weighted by atomic mass is 16.5. The first-order chi connectivity index (χ1) is 7.72. The van der Waals surface area contributed by atoms with Gasteiger partial charge in [-0.25, -0.2) is 9.78 Å². The average molecular weight is 221 g/mol. The molecule has 0 atom stereocenters. The highest BCUT2D eigenvalue weighted by Gasteiger charge is 2.17. The zero-order chi connectivity index (χ0) is 11.5. The van der Waals surface area contributed by atoms with Crippen molar-refractivity contribution in [2.24, 2.45) is 0 Å². The van der Waals surface area contributed by atoms with E-state index in [4.69, 9.17) is 4.74 Å². The van der Waals surface area contributed by atoms with Gasteiger partial charge in [-0.2, -0.15) is 0 Å². The molecule has 1 aromatic heterocycles. The molecular formula is C11H15N3O2. The molecule has 0 amide bonds. The topological polar surface area (TPSA) is 54.5 Å². The first kappa shape index (κ1) is 10.7. The molecule has 2 heterocycles. The van der Waals surface area contributed by atoms with Gasteiger partial charge in [0.05, 0.1) is 17.9 Å². The van der Waals surface area contributed by atoms with E-state index in [0.717, 1.165) is 24.6 Å². The van der Waals surface area contributed by atoms with Crippen molar-refractivity contribution in [1.29, 1.82) is 0 Å². The summed E-state index contributed by atoms with van der Waals surface area (Å²) in [5.41, 5.74) is 1.44. The Morgan fingerprint density at radius 1 is 1.69 bits per heavy atom. The number of esters is 1. The Labute approximate surface area is 94.4 Å². The predicted molar refractivity (Wildman–Crippen MR) is 62.0 cm³/mol. The zero-order valence-electron chi connectivity index (χ0n) is 9.49. The smallest absolute Gasteiger partial charge is 0.339 e. The lowest BCUT2D eigenvalue weighted by Gasteiger charge is -2.27. The standard InChI is InChI=1S/C11H15N3O2/c1-3-16-11(15)8-6-9-10(13-7-8)12-4-5-14(9)2/h6-7H,3-5H2,1-2H3,(H,12,13). The number of aromatic nitrogens is 1. The Morgan fingerprint density at radius 3 is 3.25 bits per heavy atom. The highest BCUT2D eigenvalue weighted by Crippen LogP contribution is 2.26. The van der Waals surface area contributed by atoms with Crippen LogP contribution < -0.4 is 10.2 Å². The summed E-state index contributed by atoms with van der Waals surface area (Å²) in [4.78, 5) is 17.8. The largest absolute Gasteiger partial charge is 0.462 e. The lowest BCUT2D eigenvalue weighted by atomic mass is 10.2. The second kappa shape index (κ2) is 4.38. The molecule has 86 valence electrons. The molecular weight excluding hydrogens is 206 g/mol. The number of anilines is 2. The summed E-state index contributed by atoms with van der Waals surface area (Å²) < 4.78 is 4.94. The van der Waals surface area contributed by atoms with Gasteiger partial charge in [0.1, 0.15) is 5.82 Å². The van der Waals surface area contributed by atoms with Crippen LogP contribution in [0.15, 0.2) is 12.3 Å². The normalized spacial score (nSPS) is 14.0. The average Bonchev–Trinajstić information content (AvgIpc) is 2.29. The van der Waals surface area contributed by atoms with Crippen molar-refractivity contribution in [3.05, 3.63) is 17.8 Å². The van der Waals surface area contributed by atoms with E-state index in [1.54, 1.807) is 13.1 Å². The Hall–Kier alpha value is -1.78. The van der Waals surface area contributed by atoms with Crippen LogP contribution in [0.3, 0.4) is 0 Å². The Morgan fingerprint density at radius 2 is 2.50 bits per heavy atom. The van der Waals surface area contributed by atoms with Gasteiger partial charge in [0, 0.05) is 26.3 Å². The van der Waals surface area contributed by atoms with Gasteiger partial charge in [0.2, 0.25) is 0 Å². The van der Waals surface area contributed by atoms with Crippen LogP contribution in [0.5, 0.6) is 0 Å². The van der Waals surface area contributed by atoms with Crippen LogP contribution in [0.1, 0.15) is 17.3 Å². The first-order valence-electron chi connectivity index (χ1n) is 5.34. The molecule has 1 aromatic rings. The number of carbonyl (C=O) groups is 1. The minimum atomic E-state index is -0.322. The van der Waals surface area contributed by atoms with Crippen molar-refractivity contribution in [3.8, 4) is 0 Å². The number of hydrogen-bond acceptors (Lipinski definition) is 5. The van der Waals surface area contributed by atoms with Gasteiger partial charge in [-0.15, -0.1) is 0 Å². The van der Waals surface area contributed by atoms with Gasteiger partial charge in [0.25, 0.3) is 0 Å². The van der Waals surface area contributed by atoms with E-state index >= 15 is 0 Å². The molecule has 0 saturated heterocycles. The maximum absolute atomic E-state index is 11.5. The van der Waals surface area contributed by atoms with Gasteiger partial charge in [-0.3, -0.25) is 0 Å². The summed E-state index contributed by atoms with van der Waals surface area (Å²) in [6.45, 7) is 3.94. The molecule has 0 aliphatic carbocycles. The fourth-order valence-electron chi connectivity index (χ4n) is 1.67. The third-order valence-electron chi connectivity index (χ3n) is 2.53. The predicted octanol–water partition coefficient (Wildman–Crippen LogP) is 1.12. The van der Waals surface area contributed by atoms with Crippen LogP contribution in [0.4, 0.5) is 11.5 Å². The van der Waals surface area contributed by atoms with Crippen molar-refractivity contribution in [2.75, 3.05) is 37.0 Å². The highest BCUT2D eigenvalue weighted by molar-refractivity contribution is 5.91. The van der Waals surface area contributed by atoms with Crippen LogP contribution in [0.2, 0.25) is 0 Å². The molecule has 0 aromatic carbocycles. The van der Waals surface area contributed by atoms with E-state index in [-0.39, 0.29) is 5.97 Å². The van der Waals surface area contributed by atoms with Gasteiger partial charge in [0.15, 0.2) is 0 Å². The lowest BCUT2D eigenvalue weighted by molar-refractivity contribution is 0.0526. The zero-order valence-corrected chi connectivity index (χ0v) is 9.49. The fraction of sp³-hybridized carbons (Fsp3) is 0.455. The fourth-order valence-corrected chi connectivity index (χ4v) is 1.67. The number of nitrogens with one attached hydrogen (secondary N) is 1. The maximum Gasteiger partial charge on any atom is 0.339 e. The van der Waals surface area contributed by atoms with Crippen molar-refractivity contribution in [3.63, 3.8) is 0 Å². The van der Waals surface area contributed by atoms with E-state index in [1.165, 1.54) is 0 Å².